The molecule has 1 unspecified atom stereocenters. The zero-order valence-corrected chi connectivity index (χ0v) is 19.8. The van der Waals surface area contributed by atoms with Crippen LogP contribution >= 0.6 is 24.0 Å². The number of aliphatic imine (C=N–C) groups is 1. The Labute approximate surface area is 177 Å². The first-order valence-corrected chi connectivity index (χ1v) is 9.96. The third-order valence-electron chi connectivity index (χ3n) is 4.44. The molecule has 0 aromatic carbocycles. The first-order valence-electron chi connectivity index (χ1n) is 9.96. The highest BCUT2D eigenvalue weighted by molar-refractivity contribution is 14.0. The van der Waals surface area contributed by atoms with Gasteiger partial charge in [-0.2, -0.15) is 0 Å². The molecule has 0 bridgehead atoms. The summed E-state index contributed by atoms with van der Waals surface area (Å²) in [5, 5.41) is 6.71. The minimum atomic E-state index is 0. The van der Waals surface area contributed by atoms with Crippen LogP contribution in [0.2, 0.25) is 0 Å². The van der Waals surface area contributed by atoms with Crippen LogP contribution in [0.4, 0.5) is 0 Å². The number of hydrogen-bond acceptors (Lipinski definition) is 4. The van der Waals surface area contributed by atoms with Gasteiger partial charge in [0, 0.05) is 38.8 Å². The summed E-state index contributed by atoms with van der Waals surface area (Å²) >= 11 is 0. The molecule has 156 valence electrons. The highest BCUT2D eigenvalue weighted by Gasteiger charge is 2.23. The number of guanidine groups is 1. The van der Waals surface area contributed by atoms with Crippen molar-refractivity contribution in [2.45, 2.75) is 47.1 Å². The SMILES string of the molecule is CCNC(=NCC(C(C)C)N1CCOCC1)NCCOCCC(C)C.I. The molecule has 7 heteroatoms. The second-order valence-electron chi connectivity index (χ2n) is 7.40. The highest BCUT2D eigenvalue weighted by Crippen LogP contribution is 2.13. The van der Waals surface area contributed by atoms with Crippen LogP contribution in [0.25, 0.3) is 0 Å². The molecule has 1 heterocycles. The van der Waals surface area contributed by atoms with Crippen molar-refractivity contribution in [3.05, 3.63) is 0 Å². The van der Waals surface area contributed by atoms with Gasteiger partial charge < -0.3 is 20.1 Å². The molecule has 0 aliphatic carbocycles. The Kier molecular flexibility index (Phi) is 15.8. The zero-order chi connectivity index (χ0) is 18.5. The summed E-state index contributed by atoms with van der Waals surface area (Å²) in [7, 11) is 0. The van der Waals surface area contributed by atoms with E-state index in [2.05, 4.69) is 50.2 Å². The van der Waals surface area contributed by atoms with Gasteiger partial charge in [0.25, 0.3) is 0 Å². The van der Waals surface area contributed by atoms with Gasteiger partial charge in [0.15, 0.2) is 5.96 Å². The van der Waals surface area contributed by atoms with E-state index < -0.39 is 0 Å². The number of ether oxygens (including phenoxy) is 2. The molecule has 1 saturated heterocycles. The van der Waals surface area contributed by atoms with Crippen molar-refractivity contribution in [1.82, 2.24) is 15.5 Å². The molecule has 0 saturated carbocycles. The molecule has 2 N–H and O–H groups in total. The van der Waals surface area contributed by atoms with Crippen LogP contribution in [0.3, 0.4) is 0 Å². The van der Waals surface area contributed by atoms with Crippen molar-refractivity contribution in [3.8, 4) is 0 Å². The fraction of sp³-hybridized carbons (Fsp3) is 0.947. The standard InChI is InChI=1S/C19H40N4O2.HI/c1-6-20-19(21-8-12-24-11-7-16(2)3)22-15-18(17(4)5)23-9-13-25-14-10-23;/h16-18H,6-15H2,1-5H3,(H2,20,21,22);1H. The van der Waals surface area contributed by atoms with E-state index in [0.29, 0.717) is 24.5 Å². The normalized spacial score (nSPS) is 17.3. The van der Waals surface area contributed by atoms with Crippen LogP contribution in [0.5, 0.6) is 0 Å². The first kappa shape index (κ1) is 25.9. The van der Waals surface area contributed by atoms with Crippen molar-refractivity contribution in [1.29, 1.82) is 0 Å². The van der Waals surface area contributed by atoms with Crippen LogP contribution in [-0.2, 0) is 9.47 Å². The minimum Gasteiger partial charge on any atom is -0.380 e. The van der Waals surface area contributed by atoms with Crippen LogP contribution in [0.1, 0.15) is 41.0 Å². The number of hydrogen-bond donors (Lipinski definition) is 2. The van der Waals surface area contributed by atoms with Crippen LogP contribution in [-0.4, -0.2) is 76.1 Å². The summed E-state index contributed by atoms with van der Waals surface area (Å²) in [6.45, 7) is 18.8. The number of nitrogens with zero attached hydrogens (tertiary/aromatic N) is 2. The predicted molar refractivity (Wildman–Crippen MR) is 121 cm³/mol. The molecule has 1 aliphatic rings. The lowest BCUT2D eigenvalue weighted by molar-refractivity contribution is 0.00867. The molecular weight excluding hydrogens is 443 g/mol. The smallest absolute Gasteiger partial charge is 0.191 e. The Hall–Kier alpha value is -0.120. The highest BCUT2D eigenvalue weighted by atomic mass is 127. The van der Waals surface area contributed by atoms with E-state index in [4.69, 9.17) is 14.5 Å². The molecule has 0 amide bonds. The van der Waals surface area contributed by atoms with E-state index in [1.165, 1.54) is 0 Å². The van der Waals surface area contributed by atoms with Crippen molar-refractivity contribution in [3.63, 3.8) is 0 Å². The lowest BCUT2D eigenvalue weighted by atomic mass is 10.0. The Morgan fingerprint density at radius 2 is 1.81 bits per heavy atom. The minimum absolute atomic E-state index is 0. The van der Waals surface area contributed by atoms with Gasteiger partial charge in [0.1, 0.15) is 0 Å². The van der Waals surface area contributed by atoms with Crippen LogP contribution in [0.15, 0.2) is 4.99 Å². The van der Waals surface area contributed by atoms with Gasteiger partial charge in [-0.1, -0.05) is 27.7 Å². The van der Waals surface area contributed by atoms with E-state index in [9.17, 15) is 0 Å². The van der Waals surface area contributed by atoms with Gasteiger partial charge in [-0.05, 0) is 25.2 Å². The molecule has 1 fully saturated rings. The third-order valence-corrected chi connectivity index (χ3v) is 4.44. The molecule has 0 aromatic rings. The summed E-state index contributed by atoms with van der Waals surface area (Å²) in [6.07, 6.45) is 1.11. The third kappa shape index (κ3) is 11.6. The second kappa shape index (κ2) is 15.9. The number of rotatable bonds is 11. The van der Waals surface area contributed by atoms with Gasteiger partial charge in [-0.15, -0.1) is 24.0 Å². The summed E-state index contributed by atoms with van der Waals surface area (Å²) in [5.41, 5.74) is 0. The van der Waals surface area contributed by atoms with Gasteiger partial charge >= 0.3 is 0 Å². The molecule has 1 atom stereocenters. The van der Waals surface area contributed by atoms with E-state index in [-0.39, 0.29) is 24.0 Å². The van der Waals surface area contributed by atoms with Crippen molar-refractivity contribution >= 4 is 29.9 Å². The molecule has 0 radical (unpaired) electrons. The molecule has 0 spiro atoms. The topological polar surface area (TPSA) is 58.1 Å². The van der Waals surface area contributed by atoms with Crippen molar-refractivity contribution < 1.29 is 9.47 Å². The Morgan fingerprint density at radius 1 is 1.12 bits per heavy atom. The van der Waals surface area contributed by atoms with Gasteiger partial charge in [-0.25, -0.2) is 0 Å². The average molecular weight is 484 g/mol. The second-order valence-corrected chi connectivity index (χ2v) is 7.40. The number of morpholine rings is 1. The van der Waals surface area contributed by atoms with Crippen LogP contribution < -0.4 is 10.6 Å². The Balaban J connectivity index is 0.00000625. The predicted octanol–water partition coefficient (Wildman–Crippen LogP) is 2.58. The first-order chi connectivity index (χ1) is 12.0. The van der Waals surface area contributed by atoms with Crippen molar-refractivity contribution in [2.75, 3.05) is 59.2 Å². The fourth-order valence-electron chi connectivity index (χ4n) is 2.85. The van der Waals surface area contributed by atoms with Gasteiger partial charge in [0.2, 0.25) is 0 Å². The lowest BCUT2D eigenvalue weighted by Crippen LogP contribution is -2.48. The zero-order valence-electron chi connectivity index (χ0n) is 17.4. The summed E-state index contributed by atoms with van der Waals surface area (Å²) in [5.74, 6) is 2.15. The Bertz CT molecular complexity index is 361. The molecule has 0 aromatic heterocycles. The number of halogens is 1. The van der Waals surface area contributed by atoms with Gasteiger partial charge in [0.05, 0.1) is 26.4 Å². The maximum absolute atomic E-state index is 5.66. The lowest BCUT2D eigenvalue weighted by Gasteiger charge is -2.36. The van der Waals surface area contributed by atoms with E-state index >= 15 is 0 Å². The van der Waals surface area contributed by atoms with E-state index in [1.807, 2.05) is 0 Å². The maximum atomic E-state index is 5.66. The molecular formula is C19H41IN4O2. The molecule has 1 rings (SSSR count). The van der Waals surface area contributed by atoms with Crippen molar-refractivity contribution in [2.24, 2.45) is 16.8 Å². The maximum Gasteiger partial charge on any atom is 0.191 e. The molecule has 26 heavy (non-hydrogen) atoms. The van der Waals surface area contributed by atoms with Crippen LogP contribution in [0, 0.1) is 11.8 Å². The largest absolute Gasteiger partial charge is 0.380 e. The van der Waals surface area contributed by atoms with E-state index in [0.717, 1.165) is 64.9 Å². The summed E-state index contributed by atoms with van der Waals surface area (Å²) in [4.78, 5) is 7.32. The number of nitrogens with one attached hydrogen (secondary N) is 2. The quantitative estimate of drug-likeness (QED) is 0.204. The monoisotopic (exact) mass is 484 g/mol. The fourth-order valence-corrected chi connectivity index (χ4v) is 2.85. The average Bonchev–Trinajstić information content (AvgIpc) is 2.58. The van der Waals surface area contributed by atoms with Gasteiger partial charge in [-0.3, -0.25) is 9.89 Å². The molecule has 1 aliphatic heterocycles. The Morgan fingerprint density at radius 3 is 2.38 bits per heavy atom. The van der Waals surface area contributed by atoms with E-state index in [1.54, 1.807) is 0 Å². The summed E-state index contributed by atoms with van der Waals surface area (Å²) < 4.78 is 11.1. The summed E-state index contributed by atoms with van der Waals surface area (Å²) in [6, 6.07) is 0.460. The molecule has 6 nitrogen and oxygen atoms in total.